The Bertz CT molecular complexity index is 314. The van der Waals surface area contributed by atoms with Gasteiger partial charge in [-0.1, -0.05) is 0 Å². The molecule has 1 heterocycles. The van der Waals surface area contributed by atoms with Crippen molar-refractivity contribution in [2.45, 2.75) is 20.3 Å². The summed E-state index contributed by atoms with van der Waals surface area (Å²) >= 11 is 5.55. The highest BCUT2D eigenvalue weighted by Gasteiger charge is 2.28. The summed E-state index contributed by atoms with van der Waals surface area (Å²) in [5.41, 5.74) is -0.818. The predicted octanol–water partition coefficient (Wildman–Crippen LogP) is 2.59. The molecular weight excluding hydrogens is 192 g/mol. The number of furan rings is 1. The van der Waals surface area contributed by atoms with Gasteiger partial charge in [0.2, 0.25) is 0 Å². The second-order valence-corrected chi connectivity index (χ2v) is 3.94. The van der Waals surface area contributed by atoms with E-state index in [-0.39, 0.29) is 5.22 Å². The van der Waals surface area contributed by atoms with E-state index in [2.05, 4.69) is 0 Å². The van der Waals surface area contributed by atoms with Crippen molar-refractivity contribution in [2.75, 3.05) is 0 Å². The lowest BCUT2D eigenvalue weighted by Crippen LogP contribution is -2.25. The van der Waals surface area contributed by atoms with Gasteiger partial charge in [-0.15, -0.1) is 0 Å². The fourth-order valence-electron chi connectivity index (χ4n) is 0.958. The molecule has 3 nitrogen and oxygen atoms in total. The third-order valence-corrected chi connectivity index (χ3v) is 2.03. The van der Waals surface area contributed by atoms with Crippen molar-refractivity contribution in [3.8, 4) is 0 Å². The molecule has 0 aliphatic heterocycles. The molecule has 0 radical (unpaired) electrons. The van der Waals surface area contributed by atoms with Crippen molar-refractivity contribution in [1.82, 2.24) is 0 Å². The van der Waals surface area contributed by atoms with E-state index in [0.29, 0.717) is 12.2 Å². The van der Waals surface area contributed by atoms with Crippen molar-refractivity contribution < 1.29 is 14.3 Å². The first-order valence-corrected chi connectivity index (χ1v) is 4.27. The summed E-state index contributed by atoms with van der Waals surface area (Å²) in [5, 5.41) is 9.12. The van der Waals surface area contributed by atoms with E-state index in [1.165, 1.54) is 0 Å². The van der Waals surface area contributed by atoms with E-state index in [1.807, 2.05) is 0 Å². The number of carboxylic acids is 1. The first-order valence-electron chi connectivity index (χ1n) is 3.89. The second-order valence-electron chi connectivity index (χ2n) is 3.57. The van der Waals surface area contributed by atoms with Gasteiger partial charge in [0, 0.05) is 6.42 Å². The van der Waals surface area contributed by atoms with Crippen LogP contribution in [-0.4, -0.2) is 11.1 Å². The SMILES string of the molecule is CC(C)(Cc1ccc(Cl)o1)C(=O)O. The summed E-state index contributed by atoms with van der Waals surface area (Å²) in [7, 11) is 0. The van der Waals surface area contributed by atoms with Gasteiger partial charge in [-0.25, -0.2) is 0 Å². The van der Waals surface area contributed by atoms with Gasteiger partial charge in [-0.3, -0.25) is 4.79 Å². The third kappa shape index (κ3) is 2.49. The third-order valence-electron chi connectivity index (χ3n) is 1.82. The maximum absolute atomic E-state index is 10.8. The van der Waals surface area contributed by atoms with Crippen LogP contribution in [0.1, 0.15) is 19.6 Å². The highest BCUT2D eigenvalue weighted by Crippen LogP contribution is 2.24. The van der Waals surface area contributed by atoms with Crippen LogP contribution in [0.15, 0.2) is 16.5 Å². The van der Waals surface area contributed by atoms with Crippen LogP contribution in [0.3, 0.4) is 0 Å². The summed E-state index contributed by atoms with van der Waals surface area (Å²) in [6, 6.07) is 3.29. The first-order chi connectivity index (χ1) is 5.92. The van der Waals surface area contributed by atoms with Gasteiger partial charge in [-0.2, -0.15) is 0 Å². The van der Waals surface area contributed by atoms with Gasteiger partial charge in [0.05, 0.1) is 5.41 Å². The van der Waals surface area contributed by atoms with Gasteiger partial charge < -0.3 is 9.52 Å². The number of hydrogen-bond donors (Lipinski definition) is 1. The highest BCUT2D eigenvalue weighted by atomic mass is 35.5. The van der Waals surface area contributed by atoms with Crippen LogP contribution in [-0.2, 0) is 11.2 Å². The summed E-state index contributed by atoms with van der Waals surface area (Å²) in [6.45, 7) is 3.29. The first kappa shape index (κ1) is 10.1. The Balaban J connectivity index is 2.74. The molecule has 0 saturated carbocycles. The number of aliphatic carboxylic acids is 1. The fraction of sp³-hybridized carbons (Fsp3) is 0.444. The van der Waals surface area contributed by atoms with Gasteiger partial charge in [-0.05, 0) is 37.6 Å². The quantitative estimate of drug-likeness (QED) is 0.820. The Morgan fingerprint density at radius 2 is 2.23 bits per heavy atom. The Hall–Kier alpha value is -0.960. The molecule has 0 bridgehead atoms. The highest BCUT2D eigenvalue weighted by molar-refractivity contribution is 6.28. The summed E-state index contributed by atoms with van der Waals surface area (Å²) in [5.74, 6) is -0.252. The minimum absolute atomic E-state index is 0.288. The van der Waals surface area contributed by atoms with E-state index in [4.69, 9.17) is 21.1 Å². The lowest BCUT2D eigenvalue weighted by Gasteiger charge is -2.16. The van der Waals surface area contributed by atoms with Gasteiger partial charge in [0.15, 0.2) is 5.22 Å². The zero-order valence-electron chi connectivity index (χ0n) is 7.50. The maximum Gasteiger partial charge on any atom is 0.309 e. The molecule has 0 fully saturated rings. The number of rotatable bonds is 3. The Morgan fingerprint density at radius 3 is 2.62 bits per heavy atom. The van der Waals surface area contributed by atoms with Crippen LogP contribution in [0.2, 0.25) is 5.22 Å². The average molecular weight is 203 g/mol. The maximum atomic E-state index is 10.8. The molecule has 1 aromatic heterocycles. The molecule has 72 valence electrons. The van der Waals surface area contributed by atoms with Gasteiger partial charge in [0.1, 0.15) is 5.76 Å². The van der Waals surface area contributed by atoms with E-state index in [1.54, 1.807) is 26.0 Å². The normalized spacial score (nSPS) is 11.6. The Morgan fingerprint density at radius 1 is 1.62 bits per heavy atom. The monoisotopic (exact) mass is 202 g/mol. The lowest BCUT2D eigenvalue weighted by atomic mass is 9.88. The minimum Gasteiger partial charge on any atom is -0.481 e. The molecule has 0 amide bonds. The molecular formula is C9H11ClO3. The molecule has 1 N–H and O–H groups in total. The van der Waals surface area contributed by atoms with E-state index in [9.17, 15) is 4.79 Å². The van der Waals surface area contributed by atoms with Crippen LogP contribution in [0.5, 0.6) is 0 Å². The molecule has 0 aliphatic rings. The largest absolute Gasteiger partial charge is 0.481 e. The van der Waals surface area contributed by atoms with E-state index < -0.39 is 11.4 Å². The van der Waals surface area contributed by atoms with Crippen LogP contribution in [0.25, 0.3) is 0 Å². The van der Waals surface area contributed by atoms with Crippen LogP contribution < -0.4 is 0 Å². The van der Waals surface area contributed by atoms with Crippen molar-refractivity contribution in [3.63, 3.8) is 0 Å². The Kier molecular flexibility index (Phi) is 2.66. The van der Waals surface area contributed by atoms with E-state index >= 15 is 0 Å². The molecule has 0 unspecified atom stereocenters. The fourth-order valence-corrected chi connectivity index (χ4v) is 1.12. The zero-order valence-corrected chi connectivity index (χ0v) is 8.26. The summed E-state index contributed by atoms with van der Waals surface area (Å²) in [4.78, 5) is 10.8. The van der Waals surface area contributed by atoms with Gasteiger partial charge in [0.25, 0.3) is 0 Å². The second kappa shape index (κ2) is 3.42. The van der Waals surface area contributed by atoms with E-state index in [0.717, 1.165) is 0 Å². The smallest absolute Gasteiger partial charge is 0.309 e. The van der Waals surface area contributed by atoms with Crippen molar-refractivity contribution in [1.29, 1.82) is 0 Å². The number of carbonyl (C=O) groups is 1. The number of carboxylic acid groups (broad SMARTS) is 1. The number of halogens is 1. The molecule has 0 spiro atoms. The predicted molar refractivity (Wildman–Crippen MR) is 48.8 cm³/mol. The van der Waals surface area contributed by atoms with Crippen molar-refractivity contribution in [3.05, 3.63) is 23.1 Å². The molecule has 4 heteroatoms. The van der Waals surface area contributed by atoms with Gasteiger partial charge >= 0.3 is 5.97 Å². The lowest BCUT2D eigenvalue weighted by molar-refractivity contribution is -0.147. The Labute approximate surface area is 81.3 Å². The molecule has 0 atom stereocenters. The minimum atomic E-state index is -0.847. The average Bonchev–Trinajstić information content (AvgIpc) is 2.34. The van der Waals surface area contributed by atoms with Crippen molar-refractivity contribution >= 4 is 17.6 Å². The van der Waals surface area contributed by atoms with Crippen LogP contribution in [0.4, 0.5) is 0 Å². The summed E-state index contributed by atoms with van der Waals surface area (Å²) in [6.07, 6.45) is 0.342. The molecule has 1 rings (SSSR count). The molecule has 13 heavy (non-hydrogen) atoms. The van der Waals surface area contributed by atoms with Crippen LogP contribution in [0, 0.1) is 5.41 Å². The molecule has 0 aliphatic carbocycles. The molecule has 1 aromatic rings. The number of hydrogen-bond acceptors (Lipinski definition) is 2. The topological polar surface area (TPSA) is 50.4 Å². The summed E-state index contributed by atoms with van der Waals surface area (Å²) < 4.78 is 5.07. The zero-order chi connectivity index (χ0) is 10.1. The standard InChI is InChI=1S/C9H11ClO3/c1-9(2,8(11)12)5-6-3-4-7(10)13-6/h3-4H,5H2,1-2H3,(H,11,12). The molecule has 0 saturated heterocycles. The molecule has 0 aromatic carbocycles. The van der Waals surface area contributed by atoms with Crippen LogP contribution >= 0.6 is 11.6 Å². The van der Waals surface area contributed by atoms with Crippen molar-refractivity contribution in [2.24, 2.45) is 5.41 Å².